The quantitative estimate of drug-likeness (QED) is 0.361. The lowest BCUT2D eigenvalue weighted by Gasteiger charge is -2.17. The van der Waals surface area contributed by atoms with Crippen molar-refractivity contribution in [1.82, 2.24) is 4.98 Å². The van der Waals surface area contributed by atoms with E-state index in [4.69, 9.17) is 18.9 Å². The third-order valence-corrected chi connectivity index (χ3v) is 7.00. The second kappa shape index (κ2) is 10.1. The Labute approximate surface area is 204 Å². The van der Waals surface area contributed by atoms with Gasteiger partial charge in [-0.2, -0.15) is 0 Å². The van der Waals surface area contributed by atoms with E-state index in [0.717, 1.165) is 16.5 Å². The molecular weight excluding hydrogens is 468 g/mol. The van der Waals surface area contributed by atoms with E-state index in [1.165, 1.54) is 26.4 Å². The summed E-state index contributed by atoms with van der Waals surface area (Å²) in [6.07, 6.45) is 2.03. The Morgan fingerprint density at radius 2 is 1.37 bits per heavy atom. The zero-order valence-electron chi connectivity index (χ0n) is 19.9. The molecule has 1 heterocycles. The summed E-state index contributed by atoms with van der Waals surface area (Å²) in [5.74, 6) is 2.06. The number of hydrogen-bond donors (Lipinski definition) is 1. The maximum atomic E-state index is 13.1. The predicted octanol–water partition coefficient (Wildman–Crippen LogP) is 4.66. The first-order chi connectivity index (χ1) is 16.9. The number of benzene rings is 3. The minimum atomic E-state index is -3.84. The van der Waals surface area contributed by atoms with Gasteiger partial charge in [-0.25, -0.2) is 8.42 Å². The predicted molar refractivity (Wildman–Crippen MR) is 134 cm³/mol. The highest BCUT2D eigenvalue weighted by Crippen LogP contribution is 2.37. The Morgan fingerprint density at radius 1 is 0.771 bits per heavy atom. The number of ether oxygens (including phenoxy) is 4. The van der Waals surface area contributed by atoms with Crippen molar-refractivity contribution in [2.45, 2.75) is 11.3 Å². The van der Waals surface area contributed by atoms with Crippen molar-refractivity contribution in [2.24, 2.45) is 0 Å². The number of nitrogens with zero attached hydrogens (tertiary/aromatic N) is 1. The summed E-state index contributed by atoms with van der Waals surface area (Å²) in [6.45, 7) is 0. The van der Waals surface area contributed by atoms with Crippen LogP contribution in [0.15, 0.2) is 71.8 Å². The molecule has 0 radical (unpaired) electrons. The van der Waals surface area contributed by atoms with E-state index < -0.39 is 10.0 Å². The Balaban J connectivity index is 1.83. The lowest BCUT2D eigenvalue weighted by Crippen LogP contribution is -2.15. The van der Waals surface area contributed by atoms with Crippen LogP contribution >= 0.6 is 0 Å². The summed E-state index contributed by atoms with van der Waals surface area (Å²) in [5, 5.41) is 1.77. The molecule has 3 aromatic carbocycles. The highest BCUT2D eigenvalue weighted by molar-refractivity contribution is 7.92. The van der Waals surface area contributed by atoms with Gasteiger partial charge in [0.25, 0.3) is 10.0 Å². The van der Waals surface area contributed by atoms with Crippen LogP contribution in [-0.4, -0.2) is 41.8 Å². The summed E-state index contributed by atoms with van der Waals surface area (Å²) in [6, 6.07) is 17.2. The van der Waals surface area contributed by atoms with E-state index >= 15 is 0 Å². The fourth-order valence-corrected chi connectivity index (χ4v) is 4.96. The summed E-state index contributed by atoms with van der Waals surface area (Å²) in [7, 11) is 2.35. The van der Waals surface area contributed by atoms with Gasteiger partial charge in [0, 0.05) is 24.1 Å². The number of rotatable bonds is 9. The van der Waals surface area contributed by atoms with Crippen LogP contribution in [0.1, 0.15) is 11.3 Å². The molecule has 0 atom stereocenters. The van der Waals surface area contributed by atoms with Gasteiger partial charge in [-0.1, -0.05) is 18.2 Å². The first-order valence-electron chi connectivity index (χ1n) is 10.7. The number of nitrogens with one attached hydrogen (secondary N) is 1. The Hall–Kier alpha value is -3.98. The van der Waals surface area contributed by atoms with E-state index in [9.17, 15) is 8.42 Å². The van der Waals surface area contributed by atoms with Crippen molar-refractivity contribution in [2.75, 3.05) is 33.2 Å². The highest BCUT2D eigenvalue weighted by Gasteiger charge is 2.20. The molecule has 0 unspecified atom stereocenters. The van der Waals surface area contributed by atoms with Gasteiger partial charge in [0.2, 0.25) is 0 Å². The first-order valence-corrected chi connectivity index (χ1v) is 12.2. The molecule has 0 amide bonds. The molecule has 35 heavy (non-hydrogen) atoms. The van der Waals surface area contributed by atoms with Gasteiger partial charge in [0.15, 0.2) is 23.0 Å². The van der Waals surface area contributed by atoms with E-state index in [0.29, 0.717) is 40.7 Å². The maximum absolute atomic E-state index is 13.1. The van der Waals surface area contributed by atoms with Crippen LogP contribution in [0.3, 0.4) is 0 Å². The van der Waals surface area contributed by atoms with Crippen LogP contribution in [0, 0.1) is 0 Å². The summed E-state index contributed by atoms with van der Waals surface area (Å²) >= 11 is 0. The zero-order valence-corrected chi connectivity index (χ0v) is 20.7. The van der Waals surface area contributed by atoms with Crippen LogP contribution in [-0.2, 0) is 16.4 Å². The molecule has 4 rings (SSSR count). The molecule has 0 bridgehead atoms. The fraction of sp³-hybridized carbons (Fsp3) is 0.192. The number of fused-ring (bicyclic) bond motifs is 1. The molecule has 0 aliphatic rings. The fourth-order valence-electron chi connectivity index (χ4n) is 3.85. The third-order valence-electron chi connectivity index (χ3n) is 5.62. The average molecular weight is 495 g/mol. The third kappa shape index (κ3) is 4.95. The largest absolute Gasteiger partial charge is 0.493 e. The van der Waals surface area contributed by atoms with Crippen molar-refractivity contribution < 1.29 is 27.4 Å². The lowest BCUT2D eigenvalue weighted by atomic mass is 10.0. The standard InChI is InChI=1S/C26H26N2O6S/c1-31-23-13-17-10-11-27-22(20(17)15-25(23)33-3)12-18-14-24(32-2)26(34-4)16-21(18)28-35(29,30)19-8-6-5-7-9-19/h5-11,13-16,28H,12H2,1-4H3. The van der Waals surface area contributed by atoms with Gasteiger partial charge in [0.1, 0.15) is 0 Å². The zero-order chi connectivity index (χ0) is 25.0. The normalized spacial score (nSPS) is 11.2. The van der Waals surface area contributed by atoms with Crippen LogP contribution < -0.4 is 23.7 Å². The molecule has 0 saturated carbocycles. The second-order valence-corrected chi connectivity index (χ2v) is 9.33. The summed E-state index contributed by atoms with van der Waals surface area (Å²) in [4.78, 5) is 4.73. The lowest BCUT2D eigenvalue weighted by molar-refractivity contribution is 0.355. The molecule has 1 N–H and O–H groups in total. The van der Waals surface area contributed by atoms with Gasteiger partial charge < -0.3 is 18.9 Å². The molecule has 4 aromatic rings. The molecule has 9 heteroatoms. The van der Waals surface area contributed by atoms with Gasteiger partial charge in [-0.15, -0.1) is 0 Å². The van der Waals surface area contributed by atoms with E-state index in [1.807, 2.05) is 18.2 Å². The highest BCUT2D eigenvalue weighted by atomic mass is 32.2. The van der Waals surface area contributed by atoms with Gasteiger partial charge >= 0.3 is 0 Å². The number of hydrogen-bond acceptors (Lipinski definition) is 7. The van der Waals surface area contributed by atoms with Gasteiger partial charge in [0.05, 0.1) is 44.7 Å². The van der Waals surface area contributed by atoms with Crippen LogP contribution in [0.5, 0.6) is 23.0 Å². The van der Waals surface area contributed by atoms with Crippen molar-refractivity contribution >= 4 is 26.5 Å². The van der Waals surface area contributed by atoms with Crippen molar-refractivity contribution in [1.29, 1.82) is 0 Å². The Morgan fingerprint density at radius 3 is 2.03 bits per heavy atom. The summed E-state index contributed by atoms with van der Waals surface area (Å²) < 4.78 is 50.7. The number of pyridine rings is 1. The topological polar surface area (TPSA) is 96.0 Å². The molecule has 0 saturated heterocycles. The van der Waals surface area contributed by atoms with Crippen LogP contribution in [0.25, 0.3) is 10.8 Å². The van der Waals surface area contributed by atoms with Crippen molar-refractivity contribution in [3.8, 4) is 23.0 Å². The molecule has 0 fully saturated rings. The number of sulfonamides is 1. The molecule has 0 aliphatic carbocycles. The summed E-state index contributed by atoms with van der Waals surface area (Å²) in [5.41, 5.74) is 1.76. The SMILES string of the molecule is COc1cc(Cc2nccc3cc(OC)c(OC)cc23)c(NS(=O)(=O)c2ccccc2)cc1OC. The molecule has 1 aromatic heterocycles. The second-order valence-electron chi connectivity index (χ2n) is 7.65. The molecule has 0 aliphatic heterocycles. The maximum Gasteiger partial charge on any atom is 0.261 e. The monoisotopic (exact) mass is 494 g/mol. The molecule has 182 valence electrons. The minimum absolute atomic E-state index is 0.154. The van der Waals surface area contributed by atoms with Gasteiger partial charge in [-0.3, -0.25) is 9.71 Å². The van der Waals surface area contributed by atoms with Crippen LogP contribution in [0.4, 0.5) is 5.69 Å². The molecule has 0 spiro atoms. The molecular formula is C26H26N2O6S. The van der Waals surface area contributed by atoms with Crippen LogP contribution in [0.2, 0.25) is 0 Å². The Bertz CT molecular complexity index is 1460. The van der Waals surface area contributed by atoms with Crippen molar-refractivity contribution in [3.63, 3.8) is 0 Å². The first kappa shape index (κ1) is 24.2. The minimum Gasteiger partial charge on any atom is -0.493 e. The smallest absolute Gasteiger partial charge is 0.261 e. The number of aromatic nitrogens is 1. The Kier molecular flexibility index (Phi) is 6.97. The van der Waals surface area contributed by atoms with Gasteiger partial charge in [-0.05, 0) is 47.3 Å². The van der Waals surface area contributed by atoms with E-state index in [-0.39, 0.29) is 4.90 Å². The molecule has 8 nitrogen and oxygen atoms in total. The number of methoxy groups -OCH3 is 4. The van der Waals surface area contributed by atoms with E-state index in [2.05, 4.69) is 9.71 Å². The van der Waals surface area contributed by atoms with Crippen molar-refractivity contribution in [3.05, 3.63) is 78.1 Å². The average Bonchev–Trinajstić information content (AvgIpc) is 2.89. The van der Waals surface area contributed by atoms with E-state index in [1.54, 1.807) is 50.7 Å². The number of anilines is 1.